The van der Waals surface area contributed by atoms with Gasteiger partial charge in [0.1, 0.15) is 48.8 Å². The highest BCUT2D eigenvalue weighted by atomic mass is 16.7. The van der Waals surface area contributed by atoms with Gasteiger partial charge in [0.25, 0.3) is 0 Å². The first kappa shape index (κ1) is 27.3. The number of hydrogen-bond acceptors (Lipinski definition) is 11. The molecule has 0 aromatic carbocycles. The molecular formula is C20H37NO11. The van der Waals surface area contributed by atoms with Crippen LogP contribution in [0.15, 0.2) is 0 Å². The third-order valence-corrected chi connectivity index (χ3v) is 5.67. The Morgan fingerprint density at radius 2 is 1.31 bits per heavy atom. The van der Waals surface area contributed by atoms with Crippen LogP contribution in [0.25, 0.3) is 0 Å². The number of nitrogens with one attached hydrogen (secondary N) is 1. The largest absolute Gasteiger partial charge is 0.382 e. The van der Waals surface area contributed by atoms with E-state index in [1.54, 1.807) is 21.3 Å². The van der Waals surface area contributed by atoms with Crippen molar-refractivity contribution in [1.29, 1.82) is 0 Å². The number of carbonyl (C=O) groups excluding carboxylic acids is 1. The van der Waals surface area contributed by atoms with Gasteiger partial charge < -0.3 is 53.1 Å². The van der Waals surface area contributed by atoms with Crippen LogP contribution in [-0.2, 0) is 47.4 Å². The zero-order valence-corrected chi connectivity index (χ0v) is 19.7. The molecule has 2 saturated heterocycles. The second-order valence-electron chi connectivity index (χ2n) is 7.65. The summed E-state index contributed by atoms with van der Waals surface area (Å²) in [7, 11) is 9.14. The van der Waals surface area contributed by atoms with Crippen molar-refractivity contribution in [3.63, 3.8) is 0 Å². The van der Waals surface area contributed by atoms with Crippen molar-refractivity contribution in [2.24, 2.45) is 0 Å². The Labute approximate surface area is 188 Å². The molecule has 2 fully saturated rings. The minimum absolute atomic E-state index is 0.106. The Hall–Kier alpha value is -0.930. The summed E-state index contributed by atoms with van der Waals surface area (Å²) in [6.07, 6.45) is -6.67. The van der Waals surface area contributed by atoms with E-state index >= 15 is 0 Å². The van der Waals surface area contributed by atoms with Crippen molar-refractivity contribution in [1.82, 2.24) is 5.32 Å². The van der Waals surface area contributed by atoms with Gasteiger partial charge in [-0.1, -0.05) is 0 Å². The number of amides is 1. The molecule has 0 radical (unpaired) electrons. The molecule has 2 heterocycles. The van der Waals surface area contributed by atoms with E-state index in [9.17, 15) is 9.90 Å². The van der Waals surface area contributed by atoms with Gasteiger partial charge in [-0.3, -0.25) is 4.79 Å². The van der Waals surface area contributed by atoms with Crippen LogP contribution in [0.1, 0.15) is 6.92 Å². The van der Waals surface area contributed by atoms with E-state index in [0.717, 1.165) is 0 Å². The summed E-state index contributed by atoms with van der Waals surface area (Å²) in [5.41, 5.74) is 0. The number of aliphatic hydroxyl groups is 1. The summed E-state index contributed by atoms with van der Waals surface area (Å²) in [5, 5.41) is 13.1. The molecule has 0 unspecified atom stereocenters. The molecule has 12 heteroatoms. The van der Waals surface area contributed by atoms with Crippen LogP contribution in [0, 0.1) is 0 Å². The molecule has 1 amide bonds. The van der Waals surface area contributed by atoms with E-state index in [2.05, 4.69) is 5.32 Å². The van der Waals surface area contributed by atoms with Gasteiger partial charge in [-0.25, -0.2) is 0 Å². The predicted molar refractivity (Wildman–Crippen MR) is 109 cm³/mol. The standard InChI is InChI=1S/C20H37NO11/c1-10(22)21-13-16(27-5)15(12(9-25-3)30-19(13)23)32-20-18(29-7)17(28-6)14(26-4)11(31-20)8-24-2/h11-20,23H,8-9H2,1-7H3,(H,21,22)/t11-,12-,13-,14-,15-,16-,17+,18+,19-,20+/m1/s1. The summed E-state index contributed by atoms with van der Waals surface area (Å²) >= 11 is 0. The molecule has 32 heavy (non-hydrogen) atoms. The number of rotatable bonds is 11. The van der Waals surface area contributed by atoms with Crippen LogP contribution in [-0.4, -0.2) is 128 Å². The molecule has 2 rings (SSSR count). The molecule has 0 aromatic heterocycles. The van der Waals surface area contributed by atoms with Crippen LogP contribution in [0.5, 0.6) is 0 Å². The first-order valence-electron chi connectivity index (χ1n) is 10.4. The second kappa shape index (κ2) is 13.1. The van der Waals surface area contributed by atoms with Crippen molar-refractivity contribution in [2.45, 2.75) is 68.3 Å². The summed E-state index contributed by atoms with van der Waals surface area (Å²) < 4.78 is 51.3. The zero-order chi connectivity index (χ0) is 23.8. The van der Waals surface area contributed by atoms with E-state index in [1.807, 2.05) is 0 Å². The third-order valence-electron chi connectivity index (χ3n) is 5.67. The third kappa shape index (κ3) is 6.14. The minimum Gasteiger partial charge on any atom is -0.382 e. The van der Waals surface area contributed by atoms with Crippen LogP contribution in [0.2, 0.25) is 0 Å². The normalized spacial score (nSPS) is 40.2. The summed E-state index contributed by atoms with van der Waals surface area (Å²) in [4.78, 5) is 11.7. The average Bonchev–Trinajstić information content (AvgIpc) is 2.76. The fraction of sp³-hybridized carbons (Fsp3) is 0.950. The molecule has 0 saturated carbocycles. The lowest BCUT2D eigenvalue weighted by Gasteiger charge is -2.49. The van der Waals surface area contributed by atoms with E-state index in [1.165, 1.54) is 28.3 Å². The number of ether oxygens (including phenoxy) is 9. The Kier molecular flexibility index (Phi) is 11.2. The van der Waals surface area contributed by atoms with Gasteiger partial charge >= 0.3 is 0 Å². The topological polar surface area (TPSA) is 132 Å². The highest BCUT2D eigenvalue weighted by Gasteiger charge is 2.52. The van der Waals surface area contributed by atoms with Gasteiger partial charge in [0.05, 0.1) is 13.2 Å². The lowest BCUT2D eigenvalue weighted by molar-refractivity contribution is -0.353. The van der Waals surface area contributed by atoms with Crippen molar-refractivity contribution in [3.8, 4) is 0 Å². The smallest absolute Gasteiger partial charge is 0.217 e. The maximum absolute atomic E-state index is 11.7. The van der Waals surface area contributed by atoms with Gasteiger partial charge in [0.2, 0.25) is 5.91 Å². The molecule has 2 N–H and O–H groups in total. The van der Waals surface area contributed by atoms with Crippen molar-refractivity contribution in [2.75, 3.05) is 55.9 Å². The van der Waals surface area contributed by atoms with Crippen molar-refractivity contribution < 1.29 is 52.5 Å². The highest BCUT2D eigenvalue weighted by Crippen LogP contribution is 2.32. The Morgan fingerprint density at radius 3 is 1.78 bits per heavy atom. The van der Waals surface area contributed by atoms with Crippen molar-refractivity contribution >= 4 is 5.91 Å². The molecule has 188 valence electrons. The predicted octanol–water partition coefficient (Wildman–Crippen LogP) is -1.33. The SMILES string of the molecule is COC[C@H]1O[C@@H](O[C@H]2[C@H](OC)[C@@H](NC(C)=O)[C@H](O)O[C@@H]2COC)[C@@H](OC)[C@@H](OC)[C@@H]1OC. The molecule has 0 spiro atoms. The van der Waals surface area contributed by atoms with Crippen molar-refractivity contribution in [3.05, 3.63) is 0 Å². The van der Waals surface area contributed by atoms with Crippen LogP contribution >= 0.6 is 0 Å². The maximum atomic E-state index is 11.7. The van der Waals surface area contributed by atoms with Gasteiger partial charge in [-0.05, 0) is 0 Å². The molecule has 0 bridgehead atoms. The van der Waals surface area contributed by atoms with E-state index in [4.69, 9.17) is 42.6 Å². The first-order chi connectivity index (χ1) is 15.4. The zero-order valence-electron chi connectivity index (χ0n) is 19.7. The number of carbonyl (C=O) groups is 1. The van der Waals surface area contributed by atoms with Gasteiger partial charge in [-0.15, -0.1) is 0 Å². The molecule has 12 nitrogen and oxygen atoms in total. The quantitative estimate of drug-likeness (QED) is 0.375. The molecular weight excluding hydrogens is 430 g/mol. The first-order valence-corrected chi connectivity index (χ1v) is 10.4. The number of hydrogen-bond donors (Lipinski definition) is 2. The number of aliphatic hydroxyl groups excluding tert-OH is 1. The minimum atomic E-state index is -1.32. The summed E-state index contributed by atoms with van der Waals surface area (Å²) in [5.74, 6) is -0.352. The fourth-order valence-corrected chi connectivity index (χ4v) is 4.29. The molecule has 2 aliphatic rings. The lowest BCUT2D eigenvalue weighted by atomic mass is 9.95. The Balaban J connectivity index is 2.34. The fourth-order valence-electron chi connectivity index (χ4n) is 4.29. The van der Waals surface area contributed by atoms with E-state index in [0.29, 0.717) is 0 Å². The average molecular weight is 468 g/mol. The highest BCUT2D eigenvalue weighted by molar-refractivity contribution is 5.73. The summed E-state index contributed by atoms with van der Waals surface area (Å²) in [6.45, 7) is 1.68. The maximum Gasteiger partial charge on any atom is 0.217 e. The monoisotopic (exact) mass is 467 g/mol. The molecule has 0 aliphatic carbocycles. The second-order valence-corrected chi connectivity index (χ2v) is 7.65. The van der Waals surface area contributed by atoms with Gasteiger partial charge in [-0.2, -0.15) is 0 Å². The Morgan fingerprint density at radius 1 is 0.781 bits per heavy atom. The molecule has 2 aliphatic heterocycles. The molecule has 0 aromatic rings. The van der Waals surface area contributed by atoms with Crippen LogP contribution in [0.3, 0.4) is 0 Å². The van der Waals surface area contributed by atoms with Crippen LogP contribution in [0.4, 0.5) is 0 Å². The summed E-state index contributed by atoms with van der Waals surface area (Å²) in [6, 6.07) is -0.875. The number of methoxy groups -OCH3 is 6. The molecule has 10 atom stereocenters. The van der Waals surface area contributed by atoms with E-state index in [-0.39, 0.29) is 19.1 Å². The van der Waals surface area contributed by atoms with Gasteiger partial charge in [0.15, 0.2) is 12.6 Å². The Bertz CT molecular complexity index is 568. The van der Waals surface area contributed by atoms with Crippen LogP contribution < -0.4 is 5.32 Å². The van der Waals surface area contributed by atoms with Gasteiger partial charge in [0, 0.05) is 49.6 Å². The lowest BCUT2D eigenvalue weighted by Crippen LogP contribution is -2.68. The van der Waals surface area contributed by atoms with E-state index < -0.39 is 61.3 Å².